The average molecular weight is 451 g/mol. The van der Waals surface area contributed by atoms with E-state index >= 15 is 0 Å². The minimum Gasteiger partial charge on any atom is -0.481 e. The number of Topliss-reactive ketones (excluding diaryl/α,β-unsaturated/α-hetero) is 2. The van der Waals surface area contributed by atoms with E-state index in [0.29, 0.717) is 36.5 Å². The van der Waals surface area contributed by atoms with Gasteiger partial charge in [0.1, 0.15) is 6.61 Å². The highest BCUT2D eigenvalue weighted by Crippen LogP contribution is 2.71. The molecule has 1 aliphatic heterocycles. The Morgan fingerprint density at radius 1 is 1.23 bits per heavy atom. The Labute approximate surface area is 185 Å². The SMILES string of the molecule is C[C@]12CCC(=O)C(SCC(=O)O)=C1CC[C@@H]1[C@@H]2[C@@H]2C[C@]3(C(O)O2)[C@@H](C(=O)CO)CC[C@@H]13. The fraction of sp³-hybridized carbons (Fsp3) is 0.783. The number of fused-ring (bicyclic) bond motifs is 6. The highest BCUT2D eigenvalue weighted by molar-refractivity contribution is 8.04. The van der Waals surface area contributed by atoms with Crippen molar-refractivity contribution in [1.82, 2.24) is 0 Å². The van der Waals surface area contributed by atoms with E-state index in [4.69, 9.17) is 9.84 Å². The molecular weight excluding hydrogens is 420 g/mol. The molecule has 1 heterocycles. The van der Waals surface area contributed by atoms with Gasteiger partial charge < -0.3 is 20.1 Å². The highest BCUT2D eigenvalue weighted by Gasteiger charge is 2.71. The summed E-state index contributed by atoms with van der Waals surface area (Å²) in [4.78, 5) is 37.0. The maximum absolute atomic E-state index is 12.7. The van der Waals surface area contributed by atoms with E-state index in [0.717, 1.165) is 36.6 Å². The van der Waals surface area contributed by atoms with Crippen LogP contribution in [0.3, 0.4) is 0 Å². The lowest BCUT2D eigenvalue weighted by atomic mass is 9.46. The number of thioether (sulfide) groups is 1. The van der Waals surface area contributed by atoms with Crippen LogP contribution in [0, 0.1) is 34.5 Å². The van der Waals surface area contributed by atoms with E-state index in [1.54, 1.807) is 0 Å². The molecule has 1 saturated heterocycles. The number of allylic oxidation sites excluding steroid dienone is 1. The van der Waals surface area contributed by atoms with E-state index in [1.165, 1.54) is 0 Å². The van der Waals surface area contributed by atoms with Crippen LogP contribution < -0.4 is 0 Å². The number of carbonyl (C=O) groups is 3. The minimum atomic E-state index is -1.00. The summed E-state index contributed by atoms with van der Waals surface area (Å²) in [7, 11) is 0. The van der Waals surface area contributed by atoms with Crippen LogP contribution in [0.1, 0.15) is 51.9 Å². The molecule has 1 unspecified atom stereocenters. The fourth-order valence-electron chi connectivity index (χ4n) is 8.21. The second-order valence-electron chi connectivity index (χ2n) is 10.3. The predicted molar refractivity (Wildman–Crippen MR) is 112 cm³/mol. The first-order chi connectivity index (χ1) is 14.7. The van der Waals surface area contributed by atoms with E-state index in [1.807, 2.05) is 0 Å². The number of hydrogen-bond acceptors (Lipinski definition) is 7. The van der Waals surface area contributed by atoms with Gasteiger partial charge in [0, 0.05) is 17.8 Å². The lowest BCUT2D eigenvalue weighted by Crippen LogP contribution is -2.56. The number of carboxylic acid groups (broad SMARTS) is 1. The molecule has 0 aromatic heterocycles. The number of aliphatic hydroxyl groups excluding tert-OH is 2. The second kappa shape index (κ2) is 7.40. The summed E-state index contributed by atoms with van der Waals surface area (Å²) in [6.45, 7) is 1.70. The van der Waals surface area contributed by atoms with Gasteiger partial charge in [0.05, 0.1) is 16.8 Å². The van der Waals surface area contributed by atoms with E-state index in [9.17, 15) is 24.6 Å². The van der Waals surface area contributed by atoms with Gasteiger partial charge in [-0.05, 0) is 67.3 Å². The van der Waals surface area contributed by atoms with Crippen LogP contribution in [0.2, 0.25) is 0 Å². The lowest BCUT2D eigenvalue weighted by molar-refractivity contribution is -0.160. The fourth-order valence-corrected chi connectivity index (χ4v) is 9.25. The van der Waals surface area contributed by atoms with Crippen LogP contribution in [0.4, 0.5) is 0 Å². The van der Waals surface area contributed by atoms with Crippen molar-refractivity contribution in [3.8, 4) is 0 Å². The quantitative estimate of drug-likeness (QED) is 0.583. The Kier molecular flexibility index (Phi) is 5.16. The monoisotopic (exact) mass is 450 g/mol. The smallest absolute Gasteiger partial charge is 0.313 e. The van der Waals surface area contributed by atoms with Crippen LogP contribution >= 0.6 is 11.8 Å². The van der Waals surface area contributed by atoms with Crippen LogP contribution in [0.5, 0.6) is 0 Å². The molecule has 2 bridgehead atoms. The first-order valence-corrected chi connectivity index (χ1v) is 12.3. The van der Waals surface area contributed by atoms with Gasteiger partial charge in [0.25, 0.3) is 0 Å². The summed E-state index contributed by atoms with van der Waals surface area (Å²) < 4.78 is 6.17. The topological polar surface area (TPSA) is 121 Å². The Morgan fingerprint density at radius 2 is 2.00 bits per heavy atom. The molecule has 4 aliphatic carbocycles. The summed E-state index contributed by atoms with van der Waals surface area (Å²) >= 11 is 1.15. The van der Waals surface area contributed by atoms with Gasteiger partial charge in [-0.1, -0.05) is 6.92 Å². The van der Waals surface area contributed by atoms with Crippen molar-refractivity contribution in [1.29, 1.82) is 0 Å². The maximum Gasteiger partial charge on any atom is 0.313 e. The third-order valence-electron chi connectivity index (χ3n) is 9.24. The molecule has 7 nitrogen and oxygen atoms in total. The standard InChI is InChI=1S/C23H30O7S/c1-22-7-6-15(25)20(31-10-18(27)28)14(22)3-2-11-12-4-5-13(16(26)9-24)23(12)8-17(19(11)22)30-21(23)29/h11-13,17,19,21,24,29H,2-10H2,1H3,(H,27,28)/t11-,12-,13+,17-,19+,21?,22-,23+/m0/s1. The second-order valence-corrected chi connectivity index (χ2v) is 11.2. The third kappa shape index (κ3) is 2.87. The summed E-state index contributed by atoms with van der Waals surface area (Å²) in [5.41, 5.74) is 0.210. The third-order valence-corrected chi connectivity index (χ3v) is 10.4. The Balaban J connectivity index is 1.54. The van der Waals surface area contributed by atoms with Crippen molar-refractivity contribution in [3.05, 3.63) is 10.5 Å². The molecule has 5 rings (SSSR count). The molecule has 5 aliphatic rings. The Hall–Kier alpha value is -1.22. The molecule has 3 saturated carbocycles. The summed E-state index contributed by atoms with van der Waals surface area (Å²) in [6, 6.07) is 0. The Bertz CT molecular complexity index is 868. The molecule has 0 aromatic rings. The van der Waals surface area contributed by atoms with Gasteiger partial charge in [0.2, 0.25) is 0 Å². The number of carboxylic acids is 1. The predicted octanol–water partition coefficient (Wildman–Crippen LogP) is 2.15. The van der Waals surface area contributed by atoms with Crippen LogP contribution in [0.15, 0.2) is 10.5 Å². The minimum absolute atomic E-state index is 0.0455. The molecule has 31 heavy (non-hydrogen) atoms. The van der Waals surface area contributed by atoms with Gasteiger partial charge in [-0.2, -0.15) is 0 Å². The Morgan fingerprint density at radius 3 is 2.71 bits per heavy atom. The van der Waals surface area contributed by atoms with Crippen molar-refractivity contribution >= 4 is 29.3 Å². The van der Waals surface area contributed by atoms with Crippen molar-refractivity contribution in [2.24, 2.45) is 34.5 Å². The van der Waals surface area contributed by atoms with Crippen molar-refractivity contribution < 1.29 is 34.4 Å². The number of aliphatic hydroxyl groups is 2. The molecule has 0 radical (unpaired) electrons. The maximum atomic E-state index is 12.7. The molecular formula is C23H30O7S. The van der Waals surface area contributed by atoms with Crippen molar-refractivity contribution in [2.75, 3.05) is 12.4 Å². The average Bonchev–Trinajstić information content (AvgIpc) is 3.25. The highest BCUT2D eigenvalue weighted by atomic mass is 32.2. The number of hydrogen-bond donors (Lipinski definition) is 3. The molecule has 1 spiro atoms. The van der Waals surface area contributed by atoms with Crippen LogP contribution in [0.25, 0.3) is 0 Å². The summed E-state index contributed by atoms with van der Waals surface area (Å²) in [5, 5.41) is 29.7. The molecule has 0 aromatic carbocycles. The number of carbonyl (C=O) groups excluding carboxylic acids is 2. The van der Waals surface area contributed by atoms with Gasteiger partial charge >= 0.3 is 5.97 Å². The largest absolute Gasteiger partial charge is 0.481 e. The summed E-state index contributed by atoms with van der Waals surface area (Å²) in [5.74, 6) is -0.957. The zero-order valence-corrected chi connectivity index (χ0v) is 18.5. The first kappa shape index (κ1) is 21.6. The number of aliphatic carboxylic acids is 1. The molecule has 170 valence electrons. The van der Waals surface area contributed by atoms with Crippen LogP contribution in [-0.2, 0) is 19.1 Å². The van der Waals surface area contributed by atoms with Gasteiger partial charge in [-0.3, -0.25) is 14.4 Å². The van der Waals surface area contributed by atoms with Crippen molar-refractivity contribution in [3.63, 3.8) is 0 Å². The lowest BCUT2D eigenvalue weighted by Gasteiger charge is -2.57. The molecule has 8 heteroatoms. The first-order valence-electron chi connectivity index (χ1n) is 11.3. The molecule has 8 atom stereocenters. The zero-order chi connectivity index (χ0) is 22.1. The van der Waals surface area contributed by atoms with Crippen molar-refractivity contribution in [2.45, 2.75) is 64.3 Å². The number of ketones is 2. The number of ether oxygens (including phenoxy) is 1. The molecule has 3 N–H and O–H groups in total. The van der Waals surface area contributed by atoms with Gasteiger partial charge in [0.15, 0.2) is 17.9 Å². The molecule has 0 amide bonds. The van der Waals surface area contributed by atoms with Gasteiger partial charge in [-0.25, -0.2) is 0 Å². The summed E-state index contributed by atoms with van der Waals surface area (Å²) in [6.07, 6.45) is 3.68. The zero-order valence-electron chi connectivity index (χ0n) is 17.7. The van der Waals surface area contributed by atoms with E-state index in [-0.39, 0.29) is 46.6 Å². The number of rotatable bonds is 5. The normalized spacial score (nSPS) is 45.8. The van der Waals surface area contributed by atoms with Gasteiger partial charge in [-0.15, -0.1) is 11.8 Å². The van der Waals surface area contributed by atoms with E-state index in [2.05, 4.69) is 6.92 Å². The van der Waals surface area contributed by atoms with Crippen LogP contribution in [-0.4, -0.2) is 57.6 Å². The van der Waals surface area contributed by atoms with E-state index < -0.39 is 24.3 Å². The molecule has 4 fully saturated rings.